The lowest BCUT2D eigenvalue weighted by Crippen LogP contribution is -2.50. The Morgan fingerprint density at radius 1 is 1.42 bits per heavy atom. The number of rotatable bonds is 5. The summed E-state index contributed by atoms with van der Waals surface area (Å²) in [6.07, 6.45) is 4.48. The van der Waals surface area contributed by atoms with Crippen LogP contribution in [0.25, 0.3) is 0 Å². The molecule has 0 saturated carbocycles. The number of amides is 1. The molecule has 2 saturated heterocycles. The van der Waals surface area contributed by atoms with E-state index in [1.807, 2.05) is 12.1 Å². The zero-order valence-electron chi connectivity index (χ0n) is 13.8. The maximum absolute atomic E-state index is 11.0. The van der Waals surface area contributed by atoms with Crippen molar-refractivity contribution in [2.24, 2.45) is 5.73 Å². The number of ether oxygens (including phenoxy) is 3. The van der Waals surface area contributed by atoms with Crippen molar-refractivity contribution in [2.75, 3.05) is 37.8 Å². The third-order valence-electron chi connectivity index (χ3n) is 5.17. The fraction of sp³-hybridized carbons (Fsp3) is 0.611. The second-order valence-corrected chi connectivity index (χ2v) is 7.01. The van der Waals surface area contributed by atoms with Gasteiger partial charge >= 0.3 is 0 Å². The summed E-state index contributed by atoms with van der Waals surface area (Å²) in [5.74, 6) is 0.319. The summed E-state index contributed by atoms with van der Waals surface area (Å²) in [5.41, 5.74) is 7.55. The zero-order valence-corrected chi connectivity index (χ0v) is 13.8. The van der Waals surface area contributed by atoms with Crippen molar-refractivity contribution < 1.29 is 19.0 Å². The predicted octanol–water partition coefficient (Wildman–Crippen LogP) is 1.25. The number of carbonyl (C=O) groups excluding carboxylic acids is 1. The molecule has 3 aliphatic heterocycles. The van der Waals surface area contributed by atoms with Crippen molar-refractivity contribution in [3.8, 4) is 5.75 Å². The molecule has 0 aromatic heterocycles. The molecule has 1 spiro atoms. The van der Waals surface area contributed by atoms with Gasteiger partial charge in [0.15, 0.2) is 6.61 Å². The van der Waals surface area contributed by atoms with Crippen LogP contribution in [0.2, 0.25) is 0 Å². The van der Waals surface area contributed by atoms with E-state index in [4.69, 9.17) is 19.9 Å². The SMILES string of the molecule is NC(=O)COc1cccc2c1CCCN2CC1CCC2(COC2)O1. The molecule has 0 radical (unpaired) electrons. The van der Waals surface area contributed by atoms with Crippen LogP contribution in [-0.4, -0.2) is 50.5 Å². The molecular formula is C18H24N2O4. The van der Waals surface area contributed by atoms with Crippen LogP contribution in [0, 0.1) is 0 Å². The number of nitrogens with zero attached hydrogens (tertiary/aromatic N) is 1. The molecule has 1 amide bonds. The van der Waals surface area contributed by atoms with E-state index in [1.54, 1.807) is 0 Å². The number of fused-ring (bicyclic) bond motifs is 1. The van der Waals surface area contributed by atoms with E-state index in [1.165, 1.54) is 11.3 Å². The highest BCUT2D eigenvalue weighted by atomic mass is 16.6. The Morgan fingerprint density at radius 3 is 3.00 bits per heavy atom. The maximum atomic E-state index is 11.0. The minimum absolute atomic E-state index is 0.00424. The van der Waals surface area contributed by atoms with Gasteiger partial charge in [-0.05, 0) is 37.8 Å². The van der Waals surface area contributed by atoms with Crippen molar-refractivity contribution in [1.29, 1.82) is 0 Å². The van der Waals surface area contributed by atoms with Gasteiger partial charge in [0.2, 0.25) is 0 Å². The van der Waals surface area contributed by atoms with Crippen LogP contribution in [0.5, 0.6) is 5.75 Å². The van der Waals surface area contributed by atoms with Crippen LogP contribution in [0.4, 0.5) is 5.69 Å². The summed E-state index contributed by atoms with van der Waals surface area (Å²) in [4.78, 5) is 13.4. The van der Waals surface area contributed by atoms with Crippen LogP contribution < -0.4 is 15.4 Å². The van der Waals surface area contributed by atoms with Gasteiger partial charge in [-0.3, -0.25) is 4.79 Å². The van der Waals surface area contributed by atoms with Crippen molar-refractivity contribution in [1.82, 2.24) is 0 Å². The number of carbonyl (C=O) groups is 1. The Morgan fingerprint density at radius 2 is 2.29 bits per heavy atom. The quantitative estimate of drug-likeness (QED) is 0.878. The van der Waals surface area contributed by atoms with E-state index >= 15 is 0 Å². The third-order valence-corrected chi connectivity index (χ3v) is 5.17. The van der Waals surface area contributed by atoms with E-state index in [9.17, 15) is 4.79 Å². The number of hydrogen-bond acceptors (Lipinski definition) is 5. The molecule has 1 aromatic rings. The highest BCUT2D eigenvalue weighted by Gasteiger charge is 2.46. The Labute approximate surface area is 141 Å². The normalized spacial score (nSPS) is 24.5. The summed E-state index contributed by atoms with van der Waals surface area (Å²) in [5, 5.41) is 0. The van der Waals surface area contributed by atoms with Gasteiger partial charge < -0.3 is 24.8 Å². The maximum Gasteiger partial charge on any atom is 0.255 e. The summed E-state index contributed by atoms with van der Waals surface area (Å²) in [6, 6.07) is 6.02. The van der Waals surface area contributed by atoms with Gasteiger partial charge in [-0.25, -0.2) is 0 Å². The van der Waals surface area contributed by atoms with Gasteiger partial charge in [0.1, 0.15) is 11.4 Å². The third kappa shape index (κ3) is 2.96. The largest absolute Gasteiger partial charge is 0.483 e. The first-order valence-electron chi connectivity index (χ1n) is 8.69. The first kappa shape index (κ1) is 15.7. The first-order valence-corrected chi connectivity index (χ1v) is 8.69. The molecule has 0 bridgehead atoms. The van der Waals surface area contributed by atoms with Gasteiger partial charge in [0, 0.05) is 24.3 Å². The van der Waals surface area contributed by atoms with Gasteiger partial charge in [-0.15, -0.1) is 0 Å². The number of anilines is 1. The smallest absolute Gasteiger partial charge is 0.255 e. The summed E-state index contributed by atoms with van der Waals surface area (Å²) in [6.45, 7) is 3.32. The van der Waals surface area contributed by atoms with Crippen molar-refractivity contribution in [3.05, 3.63) is 23.8 Å². The second-order valence-electron chi connectivity index (χ2n) is 7.01. The molecule has 6 nitrogen and oxygen atoms in total. The molecule has 2 fully saturated rings. The Balaban J connectivity index is 1.47. The number of hydrogen-bond donors (Lipinski definition) is 1. The molecular weight excluding hydrogens is 308 g/mol. The monoisotopic (exact) mass is 332 g/mol. The average Bonchev–Trinajstić information content (AvgIpc) is 2.98. The highest BCUT2D eigenvalue weighted by Crippen LogP contribution is 2.39. The molecule has 6 heteroatoms. The van der Waals surface area contributed by atoms with Gasteiger partial charge in [0.05, 0.1) is 19.3 Å². The van der Waals surface area contributed by atoms with Gasteiger partial charge in [-0.2, -0.15) is 0 Å². The Hall–Kier alpha value is -1.79. The summed E-state index contributed by atoms with van der Waals surface area (Å²) in [7, 11) is 0. The molecule has 2 N–H and O–H groups in total. The lowest BCUT2D eigenvalue weighted by atomic mass is 9.97. The number of nitrogens with two attached hydrogens (primary N) is 1. The van der Waals surface area contributed by atoms with Crippen LogP contribution in [0.15, 0.2) is 18.2 Å². The van der Waals surface area contributed by atoms with E-state index in [0.717, 1.165) is 57.7 Å². The molecule has 0 aliphatic carbocycles. The molecule has 1 aromatic carbocycles. The van der Waals surface area contributed by atoms with Gasteiger partial charge in [0.25, 0.3) is 5.91 Å². The van der Waals surface area contributed by atoms with Crippen molar-refractivity contribution in [3.63, 3.8) is 0 Å². The van der Waals surface area contributed by atoms with Crippen molar-refractivity contribution in [2.45, 2.75) is 37.4 Å². The van der Waals surface area contributed by atoms with E-state index in [2.05, 4.69) is 11.0 Å². The van der Waals surface area contributed by atoms with Crippen LogP contribution in [0.3, 0.4) is 0 Å². The molecule has 4 rings (SSSR count). The molecule has 1 unspecified atom stereocenters. The molecule has 24 heavy (non-hydrogen) atoms. The second kappa shape index (κ2) is 6.26. The van der Waals surface area contributed by atoms with Crippen molar-refractivity contribution >= 4 is 11.6 Å². The summed E-state index contributed by atoms with van der Waals surface area (Å²) >= 11 is 0. The molecule has 3 aliphatic rings. The predicted molar refractivity (Wildman–Crippen MR) is 89.3 cm³/mol. The first-order chi connectivity index (χ1) is 11.7. The highest BCUT2D eigenvalue weighted by molar-refractivity contribution is 5.75. The Bertz CT molecular complexity index is 629. The van der Waals surface area contributed by atoms with E-state index in [0.29, 0.717) is 0 Å². The molecule has 1 atom stereocenters. The lowest BCUT2D eigenvalue weighted by molar-refractivity contribution is -0.198. The van der Waals surface area contributed by atoms with Crippen LogP contribution in [0.1, 0.15) is 24.8 Å². The van der Waals surface area contributed by atoms with E-state index < -0.39 is 5.91 Å². The number of benzene rings is 1. The number of primary amides is 1. The van der Waals surface area contributed by atoms with Gasteiger partial charge in [-0.1, -0.05) is 6.07 Å². The Kier molecular flexibility index (Phi) is 4.10. The minimum Gasteiger partial charge on any atom is -0.483 e. The fourth-order valence-electron chi connectivity index (χ4n) is 3.95. The standard InChI is InChI=1S/C18H24N2O4/c19-17(21)10-23-16-5-1-4-15-14(16)3-2-8-20(15)9-13-6-7-18(24-13)11-22-12-18/h1,4-5,13H,2-3,6-12H2,(H2,19,21). The minimum atomic E-state index is -0.451. The van der Waals surface area contributed by atoms with Crippen LogP contribution >= 0.6 is 0 Å². The van der Waals surface area contributed by atoms with Crippen LogP contribution in [-0.2, 0) is 20.7 Å². The summed E-state index contributed by atoms with van der Waals surface area (Å²) < 4.78 is 17.2. The topological polar surface area (TPSA) is 74.0 Å². The van der Waals surface area contributed by atoms with E-state index in [-0.39, 0.29) is 18.3 Å². The fourth-order valence-corrected chi connectivity index (χ4v) is 3.95. The lowest BCUT2D eigenvalue weighted by Gasteiger charge is -2.39. The zero-order chi connectivity index (χ0) is 16.6. The molecule has 3 heterocycles. The average molecular weight is 332 g/mol. The molecule has 130 valence electrons.